The van der Waals surface area contributed by atoms with E-state index in [4.69, 9.17) is 4.43 Å². The molecule has 0 spiro atoms. The van der Waals surface area contributed by atoms with Gasteiger partial charge in [0.05, 0.1) is 5.56 Å². The minimum atomic E-state index is -0.195. The highest BCUT2D eigenvalue weighted by Gasteiger charge is 2.07. The van der Waals surface area contributed by atoms with Gasteiger partial charge in [-0.15, -0.1) is 0 Å². The molecule has 12 heavy (non-hydrogen) atoms. The highest BCUT2D eigenvalue weighted by Crippen LogP contribution is 2.09. The third kappa shape index (κ3) is 1.74. The summed E-state index contributed by atoms with van der Waals surface area (Å²) in [6, 6.07) is 7.54. The van der Waals surface area contributed by atoms with Crippen LogP contribution in [-0.2, 0) is 10.8 Å². The van der Waals surface area contributed by atoms with Gasteiger partial charge in [0.25, 0.3) is 0 Å². The molecule has 0 aromatic heterocycles. The van der Waals surface area contributed by atoms with Crippen molar-refractivity contribution in [2.45, 2.75) is 13.3 Å². The molecule has 2 nitrogen and oxygen atoms in total. The van der Waals surface area contributed by atoms with Crippen molar-refractivity contribution in [1.29, 1.82) is 0 Å². The van der Waals surface area contributed by atoms with Crippen LogP contribution in [0.25, 0.3) is 0 Å². The zero-order valence-electron chi connectivity index (χ0n) is 7.33. The van der Waals surface area contributed by atoms with Gasteiger partial charge in [0.1, 0.15) is 0 Å². The van der Waals surface area contributed by atoms with Crippen LogP contribution in [0.15, 0.2) is 24.3 Å². The molecule has 0 aliphatic rings. The molecule has 0 atom stereocenters. The van der Waals surface area contributed by atoms with Crippen molar-refractivity contribution in [2.75, 3.05) is 0 Å². The molecular formula is C9H12O2Si. The van der Waals surface area contributed by atoms with E-state index >= 15 is 0 Å². The number of carbonyl (C=O) groups excluding carboxylic acids is 1. The average Bonchev–Trinajstić information content (AvgIpc) is 2.16. The molecule has 64 valence electrons. The molecule has 0 unspecified atom stereocenters. The SMILES string of the molecule is CCc1ccccc1C(=O)O[SiH3]. The van der Waals surface area contributed by atoms with Crippen molar-refractivity contribution < 1.29 is 9.22 Å². The van der Waals surface area contributed by atoms with Crippen molar-refractivity contribution >= 4 is 16.5 Å². The van der Waals surface area contributed by atoms with E-state index in [0.29, 0.717) is 16.0 Å². The summed E-state index contributed by atoms with van der Waals surface area (Å²) < 4.78 is 4.78. The Morgan fingerprint density at radius 1 is 1.50 bits per heavy atom. The van der Waals surface area contributed by atoms with Gasteiger partial charge in [-0.05, 0) is 18.1 Å². The summed E-state index contributed by atoms with van der Waals surface area (Å²) in [5.74, 6) is -0.195. The van der Waals surface area contributed by atoms with Gasteiger partial charge in [-0.1, -0.05) is 25.1 Å². The third-order valence-corrected chi connectivity index (χ3v) is 2.17. The molecule has 1 rings (SSSR count). The predicted molar refractivity (Wildman–Crippen MR) is 51.2 cm³/mol. The summed E-state index contributed by atoms with van der Waals surface area (Å²) in [5.41, 5.74) is 1.76. The number of aryl methyl sites for hydroxylation is 1. The monoisotopic (exact) mass is 180 g/mol. The van der Waals surface area contributed by atoms with E-state index in [1.54, 1.807) is 6.07 Å². The molecule has 0 fully saturated rings. The lowest BCUT2D eigenvalue weighted by Crippen LogP contribution is -2.05. The van der Waals surface area contributed by atoms with Gasteiger partial charge in [-0.3, -0.25) is 0 Å². The van der Waals surface area contributed by atoms with Crippen LogP contribution in [0.5, 0.6) is 0 Å². The van der Waals surface area contributed by atoms with E-state index in [-0.39, 0.29) is 5.97 Å². The van der Waals surface area contributed by atoms with Crippen LogP contribution in [0, 0.1) is 0 Å². The molecule has 0 saturated heterocycles. The lowest BCUT2D eigenvalue weighted by Gasteiger charge is -2.04. The maximum atomic E-state index is 11.2. The first-order valence-electron chi connectivity index (χ1n) is 3.95. The van der Waals surface area contributed by atoms with Crippen LogP contribution in [0.2, 0.25) is 0 Å². The Morgan fingerprint density at radius 2 is 2.17 bits per heavy atom. The van der Waals surface area contributed by atoms with Crippen molar-refractivity contribution in [3.63, 3.8) is 0 Å². The molecule has 3 heteroatoms. The number of carbonyl (C=O) groups is 1. The van der Waals surface area contributed by atoms with E-state index in [2.05, 4.69) is 0 Å². The van der Waals surface area contributed by atoms with Crippen molar-refractivity contribution in [2.24, 2.45) is 0 Å². The van der Waals surface area contributed by atoms with Gasteiger partial charge >= 0.3 is 5.97 Å². The molecule has 1 aromatic carbocycles. The minimum absolute atomic E-state index is 0.195. The Labute approximate surface area is 75.1 Å². The summed E-state index contributed by atoms with van der Waals surface area (Å²) in [6.45, 7) is 2.03. The van der Waals surface area contributed by atoms with Gasteiger partial charge in [-0.2, -0.15) is 0 Å². The summed E-state index contributed by atoms with van der Waals surface area (Å²) in [5, 5.41) is 0. The number of hydrogen-bond donors (Lipinski definition) is 0. The highest BCUT2D eigenvalue weighted by molar-refractivity contribution is 6.09. The second kappa shape index (κ2) is 4.06. The zero-order chi connectivity index (χ0) is 8.97. The molecule has 0 aliphatic carbocycles. The van der Waals surface area contributed by atoms with E-state index in [9.17, 15) is 4.79 Å². The Kier molecular flexibility index (Phi) is 3.05. The number of benzene rings is 1. The van der Waals surface area contributed by atoms with Crippen LogP contribution in [-0.4, -0.2) is 16.5 Å². The Morgan fingerprint density at radius 3 is 2.75 bits per heavy atom. The first kappa shape index (κ1) is 9.00. The number of hydrogen-bond acceptors (Lipinski definition) is 2. The Bertz CT molecular complexity index is 284. The molecular weight excluding hydrogens is 168 g/mol. The van der Waals surface area contributed by atoms with Crippen LogP contribution in [0.1, 0.15) is 22.8 Å². The molecule has 0 saturated carbocycles. The van der Waals surface area contributed by atoms with Gasteiger partial charge in [0, 0.05) is 0 Å². The topological polar surface area (TPSA) is 26.3 Å². The lowest BCUT2D eigenvalue weighted by atomic mass is 10.1. The largest absolute Gasteiger partial charge is 0.525 e. The Hall–Kier alpha value is -1.09. The maximum Gasteiger partial charge on any atom is 0.324 e. The van der Waals surface area contributed by atoms with Gasteiger partial charge < -0.3 is 4.43 Å². The van der Waals surface area contributed by atoms with E-state index < -0.39 is 0 Å². The van der Waals surface area contributed by atoms with E-state index in [0.717, 1.165) is 12.0 Å². The minimum Gasteiger partial charge on any atom is -0.525 e. The summed E-state index contributed by atoms with van der Waals surface area (Å²) >= 11 is 0. The van der Waals surface area contributed by atoms with Crippen molar-refractivity contribution in [3.05, 3.63) is 35.4 Å². The van der Waals surface area contributed by atoms with Crippen LogP contribution >= 0.6 is 0 Å². The first-order valence-corrected chi connectivity index (χ1v) is 4.77. The van der Waals surface area contributed by atoms with E-state index in [1.165, 1.54) is 0 Å². The van der Waals surface area contributed by atoms with Crippen LogP contribution in [0.4, 0.5) is 0 Å². The number of rotatable bonds is 2. The van der Waals surface area contributed by atoms with Crippen LogP contribution < -0.4 is 0 Å². The molecule has 0 heterocycles. The predicted octanol–water partition coefficient (Wildman–Crippen LogP) is 0.686. The zero-order valence-corrected chi connectivity index (χ0v) is 9.33. The molecule has 0 N–H and O–H groups in total. The fourth-order valence-electron chi connectivity index (χ4n) is 1.14. The molecule has 0 amide bonds. The molecule has 0 aliphatic heterocycles. The van der Waals surface area contributed by atoms with Crippen molar-refractivity contribution in [1.82, 2.24) is 0 Å². The van der Waals surface area contributed by atoms with Gasteiger partial charge in [0.15, 0.2) is 0 Å². The summed E-state index contributed by atoms with van der Waals surface area (Å²) in [7, 11) is 0.459. The fraction of sp³-hybridized carbons (Fsp3) is 0.222. The highest BCUT2D eigenvalue weighted by atomic mass is 28.2. The van der Waals surface area contributed by atoms with Gasteiger partial charge in [-0.25, -0.2) is 4.79 Å². The normalized spacial score (nSPS) is 9.75. The maximum absolute atomic E-state index is 11.2. The quantitative estimate of drug-likeness (QED) is 0.626. The first-order chi connectivity index (χ1) is 5.79. The molecule has 0 bridgehead atoms. The molecule has 1 aromatic rings. The van der Waals surface area contributed by atoms with Crippen LogP contribution in [0.3, 0.4) is 0 Å². The smallest absolute Gasteiger partial charge is 0.324 e. The average molecular weight is 180 g/mol. The van der Waals surface area contributed by atoms with E-state index in [1.807, 2.05) is 25.1 Å². The summed E-state index contributed by atoms with van der Waals surface area (Å²) in [6.07, 6.45) is 0.868. The van der Waals surface area contributed by atoms with Crippen molar-refractivity contribution in [3.8, 4) is 0 Å². The summed E-state index contributed by atoms with van der Waals surface area (Å²) in [4.78, 5) is 11.2. The Balaban J connectivity index is 3.04. The fourth-order valence-corrected chi connectivity index (χ4v) is 1.36. The standard InChI is InChI=1S/C9H12O2Si/c1-2-7-5-3-4-6-8(7)9(10)11-12/h3-6H,2H2,1,12H3. The lowest BCUT2D eigenvalue weighted by molar-refractivity contribution is 0.0748. The van der Waals surface area contributed by atoms with Gasteiger partial charge in [0.2, 0.25) is 10.5 Å². The second-order valence-electron chi connectivity index (χ2n) is 2.50. The second-order valence-corrected chi connectivity index (χ2v) is 2.91. The third-order valence-electron chi connectivity index (χ3n) is 1.80. The molecule has 0 radical (unpaired) electrons.